The maximum atomic E-state index is 12.4. The van der Waals surface area contributed by atoms with Crippen LogP contribution in [0.2, 0.25) is 0 Å². The van der Waals surface area contributed by atoms with Crippen molar-refractivity contribution in [1.29, 1.82) is 0 Å². The van der Waals surface area contributed by atoms with Crippen LogP contribution in [-0.4, -0.2) is 30.4 Å². The molecule has 2 aromatic carbocycles. The Morgan fingerprint density at radius 2 is 1.71 bits per heavy atom. The number of aryl methyl sites for hydroxylation is 2. The first-order valence-corrected chi connectivity index (χ1v) is 9.35. The number of carbonyl (C=O) groups excluding carboxylic acids is 3. The Kier molecular flexibility index (Phi) is 5.78. The summed E-state index contributed by atoms with van der Waals surface area (Å²) in [4.78, 5) is 38.3. The quantitative estimate of drug-likeness (QED) is 0.804. The van der Waals surface area contributed by atoms with Crippen molar-refractivity contribution in [3.05, 3.63) is 59.2 Å². The first kappa shape index (κ1) is 19.6. The summed E-state index contributed by atoms with van der Waals surface area (Å²) in [6.45, 7) is 6.05. The zero-order chi connectivity index (χ0) is 20.3. The molecule has 146 valence electrons. The molecule has 1 heterocycles. The fraction of sp³-hybridized carbons (Fsp3) is 0.318. The average molecular weight is 380 g/mol. The van der Waals surface area contributed by atoms with E-state index in [1.54, 1.807) is 29.2 Å². The number of nitrogens with zero attached hydrogens (tertiary/aromatic N) is 1. The Labute approximate surface area is 164 Å². The van der Waals surface area contributed by atoms with Gasteiger partial charge in [0.15, 0.2) is 6.10 Å². The van der Waals surface area contributed by atoms with Gasteiger partial charge in [-0.3, -0.25) is 9.59 Å². The lowest BCUT2D eigenvalue weighted by atomic mass is 10.1. The SMILES string of the molecule is Cc1cccc(C)c1NC(=O)[C@H](C)OC(=O)c1ccc(N2CCCC2=O)cc1. The number of amides is 2. The van der Waals surface area contributed by atoms with Crippen molar-refractivity contribution in [3.8, 4) is 0 Å². The number of hydrogen-bond donors (Lipinski definition) is 1. The van der Waals surface area contributed by atoms with Crippen molar-refractivity contribution >= 4 is 29.2 Å². The first-order valence-electron chi connectivity index (χ1n) is 9.35. The van der Waals surface area contributed by atoms with Crippen molar-refractivity contribution in [2.75, 3.05) is 16.8 Å². The van der Waals surface area contributed by atoms with Crippen LogP contribution in [0.4, 0.5) is 11.4 Å². The molecule has 0 radical (unpaired) electrons. The lowest BCUT2D eigenvalue weighted by Crippen LogP contribution is -2.30. The number of hydrogen-bond acceptors (Lipinski definition) is 4. The summed E-state index contributed by atoms with van der Waals surface area (Å²) >= 11 is 0. The summed E-state index contributed by atoms with van der Waals surface area (Å²) in [6, 6.07) is 12.4. The molecule has 1 aliphatic heterocycles. The average Bonchev–Trinajstić information content (AvgIpc) is 3.10. The highest BCUT2D eigenvalue weighted by molar-refractivity contribution is 5.99. The molecule has 2 amide bonds. The molecule has 1 atom stereocenters. The van der Waals surface area contributed by atoms with E-state index in [0.717, 1.165) is 28.9 Å². The summed E-state index contributed by atoms with van der Waals surface area (Å²) in [5.41, 5.74) is 3.72. The molecule has 2 aromatic rings. The molecule has 1 saturated heterocycles. The van der Waals surface area contributed by atoms with Gasteiger partial charge < -0.3 is 15.0 Å². The van der Waals surface area contributed by atoms with Gasteiger partial charge in [-0.15, -0.1) is 0 Å². The molecule has 0 bridgehead atoms. The van der Waals surface area contributed by atoms with Crippen LogP contribution in [0.3, 0.4) is 0 Å². The lowest BCUT2D eigenvalue weighted by molar-refractivity contribution is -0.123. The van der Waals surface area contributed by atoms with Gasteiger partial charge in [0.1, 0.15) is 0 Å². The van der Waals surface area contributed by atoms with Crippen LogP contribution in [-0.2, 0) is 14.3 Å². The molecular formula is C22H24N2O4. The summed E-state index contributed by atoms with van der Waals surface area (Å²) in [7, 11) is 0. The van der Waals surface area contributed by atoms with Crippen LogP contribution < -0.4 is 10.2 Å². The third kappa shape index (κ3) is 4.22. The van der Waals surface area contributed by atoms with E-state index >= 15 is 0 Å². The summed E-state index contributed by atoms with van der Waals surface area (Å²) < 4.78 is 5.31. The Bertz CT molecular complexity index is 885. The van der Waals surface area contributed by atoms with Crippen molar-refractivity contribution < 1.29 is 19.1 Å². The zero-order valence-electron chi connectivity index (χ0n) is 16.3. The lowest BCUT2D eigenvalue weighted by Gasteiger charge is -2.17. The molecule has 1 fully saturated rings. The third-order valence-corrected chi connectivity index (χ3v) is 4.87. The highest BCUT2D eigenvalue weighted by atomic mass is 16.5. The number of esters is 1. The number of carbonyl (C=O) groups is 3. The Morgan fingerprint density at radius 1 is 1.07 bits per heavy atom. The number of para-hydroxylation sites is 1. The first-order chi connectivity index (χ1) is 13.4. The maximum absolute atomic E-state index is 12.4. The van der Waals surface area contributed by atoms with Gasteiger partial charge in [0, 0.05) is 24.3 Å². The predicted molar refractivity (Wildman–Crippen MR) is 107 cm³/mol. The number of benzene rings is 2. The van der Waals surface area contributed by atoms with Crippen LogP contribution in [0.1, 0.15) is 41.3 Å². The number of ether oxygens (including phenoxy) is 1. The van der Waals surface area contributed by atoms with Crippen LogP contribution in [0.25, 0.3) is 0 Å². The molecule has 6 heteroatoms. The van der Waals surface area contributed by atoms with E-state index in [1.807, 2.05) is 32.0 Å². The monoisotopic (exact) mass is 380 g/mol. The highest BCUT2D eigenvalue weighted by Crippen LogP contribution is 2.22. The van der Waals surface area contributed by atoms with Gasteiger partial charge in [-0.05, 0) is 62.6 Å². The number of anilines is 2. The number of rotatable bonds is 5. The minimum Gasteiger partial charge on any atom is -0.449 e. The summed E-state index contributed by atoms with van der Waals surface area (Å²) in [5.74, 6) is -0.874. The summed E-state index contributed by atoms with van der Waals surface area (Å²) in [5, 5.41) is 2.83. The van der Waals surface area contributed by atoms with E-state index in [1.165, 1.54) is 6.92 Å². The van der Waals surface area contributed by atoms with E-state index in [9.17, 15) is 14.4 Å². The van der Waals surface area contributed by atoms with Gasteiger partial charge in [-0.25, -0.2) is 4.79 Å². The van der Waals surface area contributed by atoms with Crippen LogP contribution in [0, 0.1) is 13.8 Å². The largest absolute Gasteiger partial charge is 0.449 e. The number of nitrogens with one attached hydrogen (secondary N) is 1. The predicted octanol–water partition coefficient (Wildman–Crippen LogP) is 3.61. The van der Waals surface area contributed by atoms with E-state index in [2.05, 4.69) is 5.32 Å². The molecule has 0 spiro atoms. The van der Waals surface area contributed by atoms with Gasteiger partial charge in [0.2, 0.25) is 5.91 Å². The molecule has 1 aliphatic rings. The second-order valence-corrected chi connectivity index (χ2v) is 7.00. The van der Waals surface area contributed by atoms with Crippen molar-refractivity contribution in [3.63, 3.8) is 0 Å². The molecule has 3 rings (SSSR count). The smallest absolute Gasteiger partial charge is 0.338 e. The molecule has 0 aliphatic carbocycles. The van der Waals surface area contributed by atoms with E-state index < -0.39 is 12.1 Å². The Morgan fingerprint density at radius 3 is 2.29 bits per heavy atom. The highest BCUT2D eigenvalue weighted by Gasteiger charge is 2.23. The molecule has 0 aromatic heterocycles. The minimum atomic E-state index is -0.939. The standard InChI is InChI=1S/C22H24N2O4/c1-14-6-4-7-15(2)20(14)23-21(26)16(3)28-22(27)17-9-11-18(12-10-17)24-13-5-8-19(24)25/h4,6-7,9-12,16H,5,8,13H2,1-3H3,(H,23,26)/t16-/m0/s1. The normalized spacial score (nSPS) is 14.7. The minimum absolute atomic E-state index is 0.0899. The molecule has 1 N–H and O–H groups in total. The van der Waals surface area contributed by atoms with Crippen molar-refractivity contribution in [2.45, 2.75) is 39.7 Å². The fourth-order valence-corrected chi connectivity index (χ4v) is 3.22. The second kappa shape index (κ2) is 8.25. The second-order valence-electron chi connectivity index (χ2n) is 7.00. The summed E-state index contributed by atoms with van der Waals surface area (Å²) in [6.07, 6.45) is 0.457. The topological polar surface area (TPSA) is 75.7 Å². The molecule has 0 saturated carbocycles. The van der Waals surface area contributed by atoms with Crippen LogP contribution in [0.5, 0.6) is 0 Å². The van der Waals surface area contributed by atoms with Gasteiger partial charge in [-0.1, -0.05) is 18.2 Å². The van der Waals surface area contributed by atoms with Gasteiger partial charge >= 0.3 is 5.97 Å². The van der Waals surface area contributed by atoms with Gasteiger partial charge in [0.05, 0.1) is 5.56 Å². The van der Waals surface area contributed by atoms with Crippen molar-refractivity contribution in [1.82, 2.24) is 0 Å². The van der Waals surface area contributed by atoms with Gasteiger partial charge in [0.25, 0.3) is 5.91 Å². The van der Waals surface area contributed by atoms with E-state index in [4.69, 9.17) is 4.74 Å². The van der Waals surface area contributed by atoms with Crippen molar-refractivity contribution in [2.24, 2.45) is 0 Å². The van der Waals surface area contributed by atoms with Crippen LogP contribution >= 0.6 is 0 Å². The third-order valence-electron chi connectivity index (χ3n) is 4.87. The Hall–Kier alpha value is -3.15. The van der Waals surface area contributed by atoms with Crippen LogP contribution in [0.15, 0.2) is 42.5 Å². The maximum Gasteiger partial charge on any atom is 0.338 e. The molecular weight excluding hydrogens is 356 g/mol. The van der Waals surface area contributed by atoms with E-state index in [0.29, 0.717) is 18.5 Å². The molecule has 0 unspecified atom stereocenters. The fourth-order valence-electron chi connectivity index (χ4n) is 3.22. The Balaban J connectivity index is 1.62. The van der Waals surface area contributed by atoms with E-state index in [-0.39, 0.29) is 11.8 Å². The molecule has 6 nitrogen and oxygen atoms in total. The van der Waals surface area contributed by atoms with Gasteiger partial charge in [-0.2, -0.15) is 0 Å². The zero-order valence-corrected chi connectivity index (χ0v) is 16.3. The molecule has 28 heavy (non-hydrogen) atoms.